The van der Waals surface area contributed by atoms with Crippen LogP contribution in [0.1, 0.15) is 0 Å². The van der Waals surface area contributed by atoms with Crippen LogP contribution in [0.5, 0.6) is 11.5 Å². The van der Waals surface area contributed by atoms with E-state index < -0.39 is 0 Å². The van der Waals surface area contributed by atoms with E-state index in [4.69, 9.17) is 9.47 Å². The van der Waals surface area contributed by atoms with E-state index in [1.165, 1.54) is 0 Å². The standard InChI is InChI=1S/C12H14N2O3/c15-12(8-6-13-7-8)14-9-1-2-10-11(5-9)17-4-3-16-10/h1-2,5,8,13H,3-4,6-7H2,(H,14,15). The fourth-order valence-electron chi connectivity index (χ4n) is 1.84. The van der Waals surface area contributed by atoms with E-state index >= 15 is 0 Å². The second-order valence-corrected chi connectivity index (χ2v) is 4.20. The smallest absolute Gasteiger partial charge is 0.230 e. The van der Waals surface area contributed by atoms with Gasteiger partial charge in [0.25, 0.3) is 0 Å². The Bertz CT molecular complexity index is 443. The van der Waals surface area contributed by atoms with Crippen LogP contribution >= 0.6 is 0 Å². The van der Waals surface area contributed by atoms with Gasteiger partial charge in [-0.2, -0.15) is 0 Å². The minimum atomic E-state index is 0.0560. The summed E-state index contributed by atoms with van der Waals surface area (Å²) in [6.07, 6.45) is 0. The summed E-state index contributed by atoms with van der Waals surface area (Å²) >= 11 is 0. The Morgan fingerprint density at radius 2 is 2.00 bits per heavy atom. The molecule has 2 N–H and O–H groups in total. The molecule has 0 aliphatic carbocycles. The predicted molar refractivity (Wildman–Crippen MR) is 62.4 cm³/mol. The van der Waals surface area contributed by atoms with E-state index in [9.17, 15) is 4.79 Å². The van der Waals surface area contributed by atoms with E-state index in [1.54, 1.807) is 6.07 Å². The highest BCUT2D eigenvalue weighted by molar-refractivity contribution is 5.93. The number of hydrogen-bond acceptors (Lipinski definition) is 4. The van der Waals surface area contributed by atoms with Crippen molar-refractivity contribution >= 4 is 11.6 Å². The molecule has 3 rings (SSSR count). The molecule has 90 valence electrons. The van der Waals surface area contributed by atoms with Crippen molar-refractivity contribution in [2.45, 2.75) is 0 Å². The summed E-state index contributed by atoms with van der Waals surface area (Å²) in [6.45, 7) is 2.65. The molecule has 1 amide bonds. The van der Waals surface area contributed by atoms with Crippen LogP contribution in [-0.2, 0) is 4.79 Å². The number of benzene rings is 1. The highest BCUT2D eigenvalue weighted by atomic mass is 16.6. The number of amides is 1. The lowest BCUT2D eigenvalue weighted by atomic mass is 10.0. The molecule has 1 fully saturated rings. The normalized spacial score (nSPS) is 18.4. The van der Waals surface area contributed by atoms with Gasteiger partial charge < -0.3 is 20.1 Å². The van der Waals surface area contributed by atoms with Gasteiger partial charge in [-0.1, -0.05) is 0 Å². The van der Waals surface area contributed by atoms with Crippen LogP contribution in [0.15, 0.2) is 18.2 Å². The molecule has 1 aromatic carbocycles. The first-order valence-corrected chi connectivity index (χ1v) is 5.74. The molecule has 0 spiro atoms. The van der Waals surface area contributed by atoms with Gasteiger partial charge in [0.1, 0.15) is 13.2 Å². The maximum Gasteiger partial charge on any atom is 0.230 e. The van der Waals surface area contributed by atoms with Crippen LogP contribution in [0.25, 0.3) is 0 Å². The third kappa shape index (κ3) is 2.06. The van der Waals surface area contributed by atoms with Crippen molar-refractivity contribution in [3.8, 4) is 11.5 Å². The maximum atomic E-state index is 11.7. The first kappa shape index (κ1) is 10.4. The highest BCUT2D eigenvalue weighted by Gasteiger charge is 2.25. The van der Waals surface area contributed by atoms with Gasteiger partial charge in [-0.25, -0.2) is 0 Å². The molecule has 0 unspecified atom stereocenters. The van der Waals surface area contributed by atoms with Crippen molar-refractivity contribution in [2.24, 2.45) is 5.92 Å². The summed E-state index contributed by atoms with van der Waals surface area (Å²) in [5.41, 5.74) is 0.756. The van der Waals surface area contributed by atoms with Gasteiger partial charge in [0.15, 0.2) is 11.5 Å². The minimum Gasteiger partial charge on any atom is -0.486 e. The monoisotopic (exact) mass is 234 g/mol. The summed E-state index contributed by atoms with van der Waals surface area (Å²) in [6, 6.07) is 5.46. The molecule has 17 heavy (non-hydrogen) atoms. The molecule has 5 nitrogen and oxygen atoms in total. The molecule has 1 aromatic rings. The number of hydrogen-bond donors (Lipinski definition) is 2. The van der Waals surface area contributed by atoms with E-state index in [0.717, 1.165) is 24.5 Å². The summed E-state index contributed by atoms with van der Waals surface area (Å²) in [4.78, 5) is 11.7. The Morgan fingerprint density at radius 3 is 2.71 bits per heavy atom. The zero-order valence-electron chi connectivity index (χ0n) is 9.36. The van der Waals surface area contributed by atoms with Gasteiger partial charge in [0.05, 0.1) is 5.92 Å². The lowest BCUT2D eigenvalue weighted by Crippen LogP contribution is -2.48. The number of ether oxygens (including phenoxy) is 2. The van der Waals surface area contributed by atoms with Gasteiger partial charge in [-0.3, -0.25) is 4.79 Å². The quantitative estimate of drug-likeness (QED) is 0.787. The van der Waals surface area contributed by atoms with E-state index in [1.807, 2.05) is 12.1 Å². The van der Waals surface area contributed by atoms with Crippen molar-refractivity contribution in [1.82, 2.24) is 5.32 Å². The van der Waals surface area contributed by atoms with Gasteiger partial charge in [0, 0.05) is 24.8 Å². The Kier molecular flexibility index (Phi) is 2.60. The number of anilines is 1. The Balaban J connectivity index is 1.72. The SMILES string of the molecule is O=C(Nc1ccc2c(c1)OCCO2)C1CNC1. The molecule has 2 aliphatic rings. The summed E-state index contributed by atoms with van der Waals surface area (Å²) in [5, 5.41) is 5.95. The Labute approximate surface area is 99.1 Å². The third-order valence-electron chi connectivity index (χ3n) is 2.96. The Morgan fingerprint density at radius 1 is 1.24 bits per heavy atom. The third-order valence-corrected chi connectivity index (χ3v) is 2.96. The number of nitrogens with one attached hydrogen (secondary N) is 2. The number of rotatable bonds is 2. The van der Waals surface area contributed by atoms with Crippen LogP contribution in [-0.4, -0.2) is 32.2 Å². The number of carbonyl (C=O) groups is 1. The first-order chi connectivity index (χ1) is 8.33. The van der Waals surface area contributed by atoms with Crippen molar-refractivity contribution in [3.05, 3.63) is 18.2 Å². The number of fused-ring (bicyclic) bond motifs is 1. The summed E-state index contributed by atoms with van der Waals surface area (Å²) in [7, 11) is 0. The number of carbonyl (C=O) groups excluding carboxylic acids is 1. The topological polar surface area (TPSA) is 59.6 Å². The zero-order chi connectivity index (χ0) is 11.7. The van der Waals surface area contributed by atoms with Crippen molar-refractivity contribution < 1.29 is 14.3 Å². The van der Waals surface area contributed by atoms with Crippen LogP contribution in [0.2, 0.25) is 0 Å². The van der Waals surface area contributed by atoms with E-state index in [2.05, 4.69) is 10.6 Å². The fraction of sp³-hybridized carbons (Fsp3) is 0.417. The largest absolute Gasteiger partial charge is 0.486 e. The fourth-order valence-corrected chi connectivity index (χ4v) is 1.84. The average molecular weight is 234 g/mol. The Hall–Kier alpha value is -1.75. The predicted octanol–water partition coefficient (Wildman–Crippen LogP) is 0.616. The van der Waals surface area contributed by atoms with Gasteiger partial charge >= 0.3 is 0 Å². The van der Waals surface area contributed by atoms with E-state index in [0.29, 0.717) is 19.0 Å². The van der Waals surface area contributed by atoms with Crippen LogP contribution < -0.4 is 20.1 Å². The first-order valence-electron chi connectivity index (χ1n) is 5.74. The van der Waals surface area contributed by atoms with Crippen LogP contribution in [0, 0.1) is 5.92 Å². The molecule has 1 saturated heterocycles. The summed E-state index contributed by atoms with van der Waals surface area (Å²) < 4.78 is 10.9. The molecule has 0 atom stereocenters. The molecule has 0 bridgehead atoms. The highest BCUT2D eigenvalue weighted by Crippen LogP contribution is 2.32. The van der Waals surface area contributed by atoms with Crippen LogP contribution in [0.4, 0.5) is 5.69 Å². The average Bonchev–Trinajstić information content (AvgIpc) is 2.26. The zero-order valence-corrected chi connectivity index (χ0v) is 9.36. The molecule has 0 aromatic heterocycles. The molecular formula is C12H14N2O3. The van der Waals surface area contributed by atoms with Crippen molar-refractivity contribution in [1.29, 1.82) is 0 Å². The second-order valence-electron chi connectivity index (χ2n) is 4.20. The lowest BCUT2D eigenvalue weighted by molar-refractivity contribution is -0.121. The van der Waals surface area contributed by atoms with Gasteiger partial charge in [0.2, 0.25) is 5.91 Å². The molecule has 2 aliphatic heterocycles. The van der Waals surface area contributed by atoms with Crippen LogP contribution in [0.3, 0.4) is 0 Å². The minimum absolute atomic E-state index is 0.0560. The van der Waals surface area contributed by atoms with Gasteiger partial charge in [-0.15, -0.1) is 0 Å². The molecule has 0 radical (unpaired) electrons. The maximum absolute atomic E-state index is 11.7. The van der Waals surface area contributed by atoms with Crippen molar-refractivity contribution in [2.75, 3.05) is 31.6 Å². The molecule has 0 saturated carbocycles. The lowest BCUT2D eigenvalue weighted by Gasteiger charge is -2.26. The molecular weight excluding hydrogens is 220 g/mol. The summed E-state index contributed by atoms with van der Waals surface area (Å²) in [5.74, 6) is 1.57. The molecule has 5 heteroatoms. The van der Waals surface area contributed by atoms with Gasteiger partial charge in [-0.05, 0) is 12.1 Å². The van der Waals surface area contributed by atoms with E-state index in [-0.39, 0.29) is 11.8 Å². The van der Waals surface area contributed by atoms with Crippen molar-refractivity contribution in [3.63, 3.8) is 0 Å². The second kappa shape index (κ2) is 4.25. The molecule has 2 heterocycles.